The molecule has 2 aliphatic heterocycles. The molecule has 1 amide bonds. The minimum absolute atomic E-state index is 0.0134. The number of benzene rings is 3. The zero-order valence-corrected chi connectivity index (χ0v) is 20.3. The summed E-state index contributed by atoms with van der Waals surface area (Å²) in [4.78, 5) is 22.5. The Balaban J connectivity index is 1.41. The van der Waals surface area contributed by atoms with Crippen molar-refractivity contribution >= 4 is 17.4 Å². The summed E-state index contributed by atoms with van der Waals surface area (Å²) in [6.07, 6.45) is 0.835. The third-order valence-corrected chi connectivity index (χ3v) is 6.40. The van der Waals surface area contributed by atoms with Crippen molar-refractivity contribution in [2.24, 2.45) is 4.99 Å². The van der Waals surface area contributed by atoms with E-state index in [1.54, 1.807) is 32.4 Å². The number of ether oxygens (including phenoxy) is 3. The number of rotatable bonds is 3. The molecule has 3 aromatic rings. The highest BCUT2D eigenvalue weighted by Gasteiger charge is 2.27. The molecule has 0 bridgehead atoms. The lowest BCUT2D eigenvalue weighted by Gasteiger charge is -2.25. The molecule has 0 unspecified atom stereocenters. The van der Waals surface area contributed by atoms with Gasteiger partial charge in [-0.3, -0.25) is 4.79 Å². The smallest absolute Gasteiger partial charge is 0.254 e. The van der Waals surface area contributed by atoms with Gasteiger partial charge in [-0.1, -0.05) is 23.8 Å². The van der Waals surface area contributed by atoms with E-state index in [9.17, 15) is 4.79 Å². The summed E-state index contributed by atoms with van der Waals surface area (Å²) < 4.78 is 16.9. The zero-order chi connectivity index (χ0) is 24.4. The Bertz CT molecular complexity index is 1290. The molecule has 0 radical (unpaired) electrons. The lowest BCUT2D eigenvalue weighted by atomic mass is 10.1. The molecular weight excluding hydrogens is 442 g/mol. The van der Waals surface area contributed by atoms with Gasteiger partial charge in [-0.2, -0.15) is 0 Å². The number of carbonyl (C=O) groups excluding carboxylic acids is 1. The molecule has 2 heterocycles. The number of fused-ring (bicyclic) bond motifs is 2. The fourth-order valence-corrected chi connectivity index (χ4v) is 4.56. The van der Waals surface area contributed by atoms with E-state index in [0.717, 1.165) is 47.1 Å². The van der Waals surface area contributed by atoms with Gasteiger partial charge in [0.05, 0.1) is 19.8 Å². The van der Waals surface area contributed by atoms with Gasteiger partial charge in [-0.25, -0.2) is 4.99 Å². The summed E-state index contributed by atoms with van der Waals surface area (Å²) >= 11 is 0. The van der Waals surface area contributed by atoms with Crippen LogP contribution < -0.4 is 14.2 Å². The van der Waals surface area contributed by atoms with Crippen molar-refractivity contribution in [2.75, 3.05) is 40.4 Å². The SMILES string of the molecule is COc1ccc(C(=O)N2CCCN(C3=Nc4ccccc4Oc4ccc(C)cc43)CC2)cc1OC. The molecule has 5 rings (SSSR count). The highest BCUT2D eigenvalue weighted by Crippen LogP contribution is 2.38. The van der Waals surface area contributed by atoms with E-state index >= 15 is 0 Å². The summed E-state index contributed by atoms with van der Waals surface area (Å²) in [6, 6.07) is 19.3. The van der Waals surface area contributed by atoms with E-state index in [-0.39, 0.29) is 5.91 Å². The van der Waals surface area contributed by atoms with Crippen LogP contribution in [0.1, 0.15) is 27.9 Å². The Hall–Kier alpha value is -4.00. The predicted octanol–water partition coefficient (Wildman–Crippen LogP) is 5.04. The minimum Gasteiger partial charge on any atom is -0.493 e. The summed E-state index contributed by atoms with van der Waals surface area (Å²) in [5, 5.41) is 0. The highest BCUT2D eigenvalue weighted by molar-refractivity contribution is 6.04. The molecule has 0 aromatic heterocycles. The standard InChI is InChI=1S/C28H29N3O4/c1-19-9-11-23-21(17-19)27(29-22-7-4-5-8-24(22)35-23)30-13-6-14-31(16-15-30)28(32)20-10-12-25(33-2)26(18-20)34-3/h4-5,7-12,17-18H,6,13-16H2,1-3H3. The van der Waals surface area contributed by atoms with Gasteiger partial charge in [-0.15, -0.1) is 0 Å². The van der Waals surface area contributed by atoms with Gasteiger partial charge >= 0.3 is 0 Å². The summed E-state index contributed by atoms with van der Waals surface area (Å²) in [6.45, 7) is 4.81. The maximum absolute atomic E-state index is 13.3. The third-order valence-electron chi connectivity index (χ3n) is 6.40. The first kappa shape index (κ1) is 22.8. The van der Waals surface area contributed by atoms with Gasteiger partial charge in [0.25, 0.3) is 5.91 Å². The number of para-hydroxylation sites is 2. The molecule has 2 aliphatic rings. The van der Waals surface area contributed by atoms with Gasteiger partial charge in [0.1, 0.15) is 17.3 Å². The Labute approximate surface area is 205 Å². The van der Waals surface area contributed by atoms with Crippen LogP contribution in [0.3, 0.4) is 0 Å². The van der Waals surface area contributed by atoms with E-state index in [0.29, 0.717) is 36.7 Å². The van der Waals surface area contributed by atoms with Crippen molar-refractivity contribution in [3.63, 3.8) is 0 Å². The van der Waals surface area contributed by atoms with Gasteiger partial charge in [0.2, 0.25) is 0 Å². The van der Waals surface area contributed by atoms with Gasteiger partial charge in [-0.05, 0) is 55.8 Å². The van der Waals surface area contributed by atoms with Crippen molar-refractivity contribution in [1.82, 2.24) is 9.80 Å². The number of aryl methyl sites for hydroxylation is 1. The Morgan fingerprint density at radius 3 is 2.54 bits per heavy atom. The fraction of sp³-hybridized carbons (Fsp3) is 0.286. The number of aliphatic imine (C=N–C) groups is 1. The largest absolute Gasteiger partial charge is 0.493 e. The average molecular weight is 472 g/mol. The third kappa shape index (κ3) is 4.54. The zero-order valence-electron chi connectivity index (χ0n) is 20.3. The highest BCUT2D eigenvalue weighted by atomic mass is 16.5. The molecule has 3 aromatic carbocycles. The van der Waals surface area contributed by atoms with Crippen molar-refractivity contribution < 1.29 is 19.0 Å². The molecule has 0 spiro atoms. The molecule has 0 atom stereocenters. The van der Waals surface area contributed by atoms with Gasteiger partial charge < -0.3 is 24.0 Å². The second-order valence-electron chi connectivity index (χ2n) is 8.71. The van der Waals surface area contributed by atoms with Crippen molar-refractivity contribution in [3.05, 3.63) is 77.4 Å². The van der Waals surface area contributed by atoms with E-state index in [2.05, 4.69) is 24.0 Å². The molecular formula is C28H29N3O4. The molecule has 1 saturated heterocycles. The Morgan fingerprint density at radius 1 is 0.886 bits per heavy atom. The van der Waals surface area contributed by atoms with Crippen LogP contribution in [0.25, 0.3) is 0 Å². The number of carbonyl (C=O) groups is 1. The van der Waals surface area contributed by atoms with Crippen LogP contribution in [0.4, 0.5) is 5.69 Å². The first-order valence-electron chi connectivity index (χ1n) is 11.8. The molecule has 7 heteroatoms. The van der Waals surface area contributed by atoms with Crippen LogP contribution in [0.2, 0.25) is 0 Å². The number of methoxy groups -OCH3 is 2. The first-order chi connectivity index (χ1) is 17.1. The summed E-state index contributed by atoms with van der Waals surface area (Å²) in [7, 11) is 3.16. The molecule has 7 nitrogen and oxygen atoms in total. The predicted molar refractivity (Wildman–Crippen MR) is 136 cm³/mol. The van der Waals surface area contributed by atoms with Gasteiger partial charge in [0.15, 0.2) is 17.2 Å². The molecule has 0 saturated carbocycles. The van der Waals surface area contributed by atoms with E-state index in [1.807, 2.05) is 35.2 Å². The summed E-state index contributed by atoms with van der Waals surface area (Å²) in [5.74, 6) is 3.56. The normalized spacial score (nSPS) is 15.1. The lowest BCUT2D eigenvalue weighted by molar-refractivity contribution is 0.0763. The minimum atomic E-state index is -0.0134. The van der Waals surface area contributed by atoms with Crippen LogP contribution in [-0.2, 0) is 0 Å². The first-order valence-corrected chi connectivity index (χ1v) is 11.8. The van der Waals surface area contributed by atoms with E-state index < -0.39 is 0 Å². The van der Waals surface area contributed by atoms with Crippen LogP contribution in [-0.4, -0.2) is 61.9 Å². The lowest BCUT2D eigenvalue weighted by Crippen LogP contribution is -2.37. The van der Waals surface area contributed by atoms with Crippen molar-refractivity contribution in [1.29, 1.82) is 0 Å². The quantitative estimate of drug-likeness (QED) is 0.535. The topological polar surface area (TPSA) is 63.6 Å². The van der Waals surface area contributed by atoms with E-state index in [1.165, 1.54) is 0 Å². The van der Waals surface area contributed by atoms with Gasteiger partial charge in [0, 0.05) is 31.7 Å². The maximum atomic E-state index is 13.3. The number of amides is 1. The molecule has 0 N–H and O–H groups in total. The van der Waals surface area contributed by atoms with Crippen molar-refractivity contribution in [2.45, 2.75) is 13.3 Å². The monoisotopic (exact) mass is 471 g/mol. The average Bonchev–Trinajstić information content (AvgIpc) is 3.22. The fourth-order valence-electron chi connectivity index (χ4n) is 4.56. The maximum Gasteiger partial charge on any atom is 0.254 e. The van der Waals surface area contributed by atoms with Crippen LogP contribution in [0.15, 0.2) is 65.7 Å². The second-order valence-corrected chi connectivity index (χ2v) is 8.71. The summed E-state index contributed by atoms with van der Waals surface area (Å²) in [5.41, 5.74) is 3.51. The Morgan fingerprint density at radius 2 is 1.71 bits per heavy atom. The van der Waals surface area contributed by atoms with Crippen LogP contribution >= 0.6 is 0 Å². The van der Waals surface area contributed by atoms with Crippen LogP contribution in [0.5, 0.6) is 23.0 Å². The number of nitrogens with zero attached hydrogens (tertiary/aromatic N) is 3. The number of amidine groups is 1. The van der Waals surface area contributed by atoms with Crippen molar-refractivity contribution in [3.8, 4) is 23.0 Å². The Kier molecular flexibility index (Phi) is 6.31. The van der Waals surface area contributed by atoms with E-state index in [4.69, 9.17) is 19.2 Å². The molecule has 35 heavy (non-hydrogen) atoms. The number of hydrogen-bond acceptors (Lipinski definition) is 6. The second kappa shape index (κ2) is 9.70. The molecule has 180 valence electrons. The number of hydrogen-bond donors (Lipinski definition) is 0. The molecule has 1 fully saturated rings. The van der Waals surface area contributed by atoms with Crippen LogP contribution in [0, 0.1) is 6.92 Å². The molecule has 0 aliphatic carbocycles.